The van der Waals surface area contributed by atoms with Crippen molar-refractivity contribution in [1.29, 1.82) is 0 Å². The van der Waals surface area contributed by atoms with Crippen LogP contribution in [0.5, 0.6) is 5.75 Å². The number of para-hydroxylation sites is 1. The molecule has 1 saturated carbocycles. The number of aryl methyl sites for hydroxylation is 1. The largest absolute Gasteiger partial charge is 0.493 e. The summed E-state index contributed by atoms with van der Waals surface area (Å²) < 4.78 is 6.13. The molecule has 36 heavy (non-hydrogen) atoms. The first kappa shape index (κ1) is 24.6. The van der Waals surface area contributed by atoms with Crippen LogP contribution in [0.25, 0.3) is 16.8 Å². The maximum absolute atomic E-state index is 13.9. The smallest absolute Gasteiger partial charge is 0.267 e. The van der Waals surface area contributed by atoms with Crippen molar-refractivity contribution < 1.29 is 9.53 Å². The van der Waals surface area contributed by atoms with E-state index in [1.54, 1.807) is 0 Å². The molecule has 5 rings (SSSR count). The monoisotopic (exact) mass is 498 g/mol. The van der Waals surface area contributed by atoms with Crippen molar-refractivity contribution in [3.63, 3.8) is 0 Å². The lowest BCUT2D eigenvalue weighted by Gasteiger charge is -2.30. The lowest BCUT2D eigenvalue weighted by Crippen LogP contribution is -2.40. The highest BCUT2D eigenvalue weighted by molar-refractivity contribution is 8.18. The summed E-state index contributed by atoms with van der Waals surface area (Å²) in [6.07, 6.45) is 9.51. The Hall–Kier alpha value is -3.05. The van der Waals surface area contributed by atoms with Crippen LogP contribution < -0.4 is 4.74 Å². The van der Waals surface area contributed by atoms with Crippen LogP contribution in [0.1, 0.15) is 63.5 Å². The minimum absolute atomic E-state index is 0.0639. The first-order valence-electron chi connectivity index (χ1n) is 13.2. The Morgan fingerprint density at radius 2 is 1.78 bits per heavy atom. The zero-order chi connectivity index (χ0) is 24.9. The molecule has 3 aromatic carbocycles. The van der Waals surface area contributed by atoms with Gasteiger partial charge in [-0.1, -0.05) is 81.6 Å². The van der Waals surface area contributed by atoms with Crippen LogP contribution in [0.4, 0.5) is 5.69 Å². The van der Waals surface area contributed by atoms with Gasteiger partial charge in [0.2, 0.25) is 0 Å². The van der Waals surface area contributed by atoms with Gasteiger partial charge in [-0.3, -0.25) is 9.69 Å². The number of thioether (sulfide) groups is 1. The number of carbonyl (C=O) groups is 1. The molecule has 1 heterocycles. The molecule has 5 heteroatoms. The zero-order valence-corrected chi connectivity index (χ0v) is 22.0. The molecule has 0 bridgehead atoms. The molecule has 0 atom stereocenters. The third kappa shape index (κ3) is 5.08. The van der Waals surface area contributed by atoms with E-state index in [0.717, 1.165) is 71.5 Å². The number of ether oxygens (including phenoxy) is 1. The van der Waals surface area contributed by atoms with Crippen molar-refractivity contribution in [2.75, 3.05) is 6.61 Å². The van der Waals surface area contributed by atoms with E-state index in [-0.39, 0.29) is 11.9 Å². The Morgan fingerprint density at radius 3 is 2.58 bits per heavy atom. The Morgan fingerprint density at radius 1 is 1.00 bits per heavy atom. The van der Waals surface area contributed by atoms with E-state index in [1.807, 2.05) is 35.2 Å². The SMILES string of the molecule is CCCOc1ccc2ccccc2c1/C=C1/SC(=Nc2ccccc2CC)N(C2CCCCC2)C1=O. The molecular weight excluding hydrogens is 464 g/mol. The molecule has 2 aliphatic rings. The lowest BCUT2D eigenvalue weighted by atomic mass is 9.94. The number of amides is 1. The Kier molecular flexibility index (Phi) is 7.76. The van der Waals surface area contributed by atoms with Gasteiger partial charge in [0, 0.05) is 11.6 Å². The molecule has 4 nitrogen and oxygen atoms in total. The van der Waals surface area contributed by atoms with Crippen LogP contribution in [0, 0.1) is 0 Å². The third-order valence-electron chi connectivity index (χ3n) is 7.03. The van der Waals surface area contributed by atoms with Crippen LogP contribution in [0.2, 0.25) is 0 Å². The number of fused-ring (bicyclic) bond motifs is 1. The number of hydrogen-bond acceptors (Lipinski definition) is 4. The topological polar surface area (TPSA) is 41.9 Å². The highest BCUT2D eigenvalue weighted by atomic mass is 32.2. The average molecular weight is 499 g/mol. The van der Waals surface area contributed by atoms with Crippen LogP contribution in [-0.4, -0.2) is 28.6 Å². The van der Waals surface area contributed by atoms with Crippen molar-refractivity contribution >= 4 is 45.4 Å². The summed E-state index contributed by atoms with van der Waals surface area (Å²) in [5.41, 5.74) is 3.12. The zero-order valence-electron chi connectivity index (χ0n) is 21.2. The summed E-state index contributed by atoms with van der Waals surface area (Å²) in [5, 5.41) is 3.03. The predicted molar refractivity (Wildman–Crippen MR) is 152 cm³/mol. The van der Waals surface area contributed by atoms with Crippen molar-refractivity contribution in [3.8, 4) is 5.75 Å². The van der Waals surface area contributed by atoms with Gasteiger partial charge in [0.25, 0.3) is 5.91 Å². The minimum atomic E-state index is 0.0639. The molecule has 3 aromatic rings. The first-order valence-corrected chi connectivity index (χ1v) is 14.1. The number of rotatable bonds is 7. The number of amidine groups is 1. The van der Waals surface area contributed by atoms with Gasteiger partial charge in [0.05, 0.1) is 17.2 Å². The van der Waals surface area contributed by atoms with E-state index in [2.05, 4.69) is 50.2 Å². The minimum Gasteiger partial charge on any atom is -0.493 e. The molecule has 0 radical (unpaired) electrons. The van der Waals surface area contributed by atoms with E-state index in [0.29, 0.717) is 11.5 Å². The molecule has 0 spiro atoms. The van der Waals surface area contributed by atoms with E-state index in [9.17, 15) is 4.79 Å². The van der Waals surface area contributed by atoms with Crippen LogP contribution in [-0.2, 0) is 11.2 Å². The molecule has 1 aliphatic heterocycles. The van der Waals surface area contributed by atoms with E-state index >= 15 is 0 Å². The summed E-state index contributed by atoms with van der Waals surface area (Å²) in [4.78, 5) is 21.7. The summed E-state index contributed by atoms with van der Waals surface area (Å²) >= 11 is 1.50. The highest BCUT2D eigenvalue weighted by Crippen LogP contribution is 2.41. The average Bonchev–Trinajstić information content (AvgIpc) is 3.23. The number of hydrogen-bond donors (Lipinski definition) is 0. The van der Waals surface area contributed by atoms with Gasteiger partial charge in [0.15, 0.2) is 5.17 Å². The molecule has 1 amide bonds. The Bertz CT molecular complexity index is 1310. The summed E-state index contributed by atoms with van der Waals surface area (Å²) in [6, 6.07) is 20.9. The van der Waals surface area contributed by atoms with Crippen molar-refractivity contribution in [2.24, 2.45) is 4.99 Å². The molecule has 1 aliphatic carbocycles. The second-order valence-electron chi connectivity index (χ2n) is 9.50. The second kappa shape index (κ2) is 11.3. The van der Waals surface area contributed by atoms with E-state index in [4.69, 9.17) is 9.73 Å². The van der Waals surface area contributed by atoms with Gasteiger partial charge in [-0.05, 0) is 72.0 Å². The molecule has 0 unspecified atom stereocenters. The van der Waals surface area contributed by atoms with Crippen molar-refractivity contribution in [3.05, 3.63) is 76.7 Å². The molecule has 2 fully saturated rings. The molecule has 1 saturated heterocycles. The van der Waals surface area contributed by atoms with E-state index < -0.39 is 0 Å². The third-order valence-corrected chi connectivity index (χ3v) is 8.02. The van der Waals surface area contributed by atoms with Crippen LogP contribution in [0.15, 0.2) is 70.6 Å². The molecule has 0 N–H and O–H groups in total. The second-order valence-corrected chi connectivity index (χ2v) is 10.5. The van der Waals surface area contributed by atoms with Gasteiger partial charge >= 0.3 is 0 Å². The summed E-state index contributed by atoms with van der Waals surface area (Å²) in [5.74, 6) is 0.886. The fourth-order valence-corrected chi connectivity index (χ4v) is 6.17. The number of aliphatic imine (C=N–C) groups is 1. The van der Waals surface area contributed by atoms with E-state index in [1.165, 1.54) is 23.7 Å². The van der Waals surface area contributed by atoms with Crippen molar-refractivity contribution in [2.45, 2.75) is 64.8 Å². The molecular formula is C31H34N2O2S. The number of carbonyl (C=O) groups excluding carboxylic acids is 1. The normalized spacial score (nSPS) is 19.1. The van der Waals surface area contributed by atoms with Crippen LogP contribution in [0.3, 0.4) is 0 Å². The standard InChI is InChI=1S/C31H34N2O2S/c1-3-20-35-28-19-18-23-13-8-10-16-25(23)26(28)21-29-30(34)33(24-14-6-5-7-15-24)31(36-29)32-27-17-11-9-12-22(27)4-2/h8-13,16-19,21,24H,3-7,14-15,20H2,1-2H3/b29-21+,32-31?. The fourth-order valence-electron chi connectivity index (χ4n) is 5.14. The van der Waals surface area contributed by atoms with Gasteiger partial charge in [-0.2, -0.15) is 0 Å². The summed E-state index contributed by atoms with van der Waals surface area (Å²) in [6.45, 7) is 4.90. The highest BCUT2D eigenvalue weighted by Gasteiger charge is 2.39. The quantitative estimate of drug-likeness (QED) is 0.309. The van der Waals surface area contributed by atoms with Crippen LogP contribution >= 0.6 is 11.8 Å². The lowest BCUT2D eigenvalue weighted by molar-refractivity contribution is -0.124. The van der Waals surface area contributed by atoms with Gasteiger partial charge in [0.1, 0.15) is 5.75 Å². The fraction of sp³-hybridized carbons (Fsp3) is 0.355. The summed E-state index contributed by atoms with van der Waals surface area (Å²) in [7, 11) is 0. The number of benzene rings is 3. The Labute approximate surface area is 218 Å². The maximum atomic E-state index is 13.9. The number of nitrogens with zero attached hydrogens (tertiary/aromatic N) is 2. The van der Waals surface area contributed by atoms with Gasteiger partial charge in [-0.15, -0.1) is 0 Å². The molecule has 186 valence electrons. The van der Waals surface area contributed by atoms with Crippen molar-refractivity contribution in [1.82, 2.24) is 4.90 Å². The first-order chi connectivity index (χ1) is 17.7. The molecule has 0 aromatic heterocycles. The Balaban J connectivity index is 1.60. The van der Waals surface area contributed by atoms with Gasteiger partial charge < -0.3 is 4.74 Å². The maximum Gasteiger partial charge on any atom is 0.267 e. The van der Waals surface area contributed by atoms with Gasteiger partial charge in [-0.25, -0.2) is 4.99 Å². The predicted octanol–water partition coefficient (Wildman–Crippen LogP) is 8.13.